The largest absolute Gasteiger partial charge is 0.456 e. The van der Waals surface area contributed by atoms with Gasteiger partial charge in [0.2, 0.25) is 10.0 Å². The van der Waals surface area contributed by atoms with Crippen molar-refractivity contribution in [3.05, 3.63) is 29.3 Å². The minimum Gasteiger partial charge on any atom is -0.456 e. The molecule has 1 aromatic carbocycles. The van der Waals surface area contributed by atoms with Gasteiger partial charge in [0.15, 0.2) is 6.61 Å². The maximum absolute atomic E-state index is 12.5. The second kappa shape index (κ2) is 10.2. The highest BCUT2D eigenvalue weighted by Gasteiger charge is 2.22. The fourth-order valence-electron chi connectivity index (χ4n) is 3.71. The van der Waals surface area contributed by atoms with Gasteiger partial charge in [-0.2, -0.15) is 0 Å². The van der Waals surface area contributed by atoms with Crippen LogP contribution in [0.1, 0.15) is 58.1 Å². The van der Waals surface area contributed by atoms with Crippen LogP contribution in [-0.4, -0.2) is 50.4 Å². The lowest BCUT2D eigenvalue weighted by Gasteiger charge is -2.30. The van der Waals surface area contributed by atoms with Crippen LogP contribution >= 0.6 is 0 Å². The molecular weight excluding hydrogens is 392 g/mol. The minimum absolute atomic E-state index is 0.00429. The molecule has 0 radical (unpaired) electrons. The molecule has 0 saturated heterocycles. The van der Waals surface area contributed by atoms with Crippen molar-refractivity contribution in [2.24, 2.45) is 0 Å². The zero-order valence-corrected chi connectivity index (χ0v) is 18.5. The van der Waals surface area contributed by atoms with Gasteiger partial charge in [-0.25, -0.2) is 13.1 Å². The topological polar surface area (TPSA) is 92.8 Å². The van der Waals surface area contributed by atoms with Crippen molar-refractivity contribution < 1.29 is 22.7 Å². The van der Waals surface area contributed by atoms with Crippen LogP contribution in [0.4, 0.5) is 0 Å². The molecule has 1 aliphatic carbocycles. The van der Waals surface area contributed by atoms with E-state index in [-0.39, 0.29) is 42.5 Å². The van der Waals surface area contributed by atoms with Gasteiger partial charge >= 0.3 is 5.97 Å². The highest BCUT2D eigenvalue weighted by atomic mass is 32.2. The smallest absolute Gasteiger partial charge is 0.307 e. The number of ether oxygens (including phenoxy) is 1. The third-order valence-corrected chi connectivity index (χ3v) is 6.47. The summed E-state index contributed by atoms with van der Waals surface area (Å²) >= 11 is 0. The number of hydrogen-bond donors (Lipinski definition) is 1. The van der Waals surface area contributed by atoms with E-state index in [1.165, 1.54) is 5.56 Å². The predicted molar refractivity (Wildman–Crippen MR) is 111 cm³/mol. The van der Waals surface area contributed by atoms with Crippen LogP contribution in [0.25, 0.3) is 0 Å². The summed E-state index contributed by atoms with van der Waals surface area (Å²) in [6.45, 7) is 7.17. The van der Waals surface area contributed by atoms with E-state index in [4.69, 9.17) is 4.74 Å². The Morgan fingerprint density at radius 3 is 2.31 bits per heavy atom. The van der Waals surface area contributed by atoms with Gasteiger partial charge in [-0.15, -0.1) is 0 Å². The van der Waals surface area contributed by atoms with Crippen LogP contribution in [0.5, 0.6) is 0 Å². The molecule has 0 heterocycles. The highest BCUT2D eigenvalue weighted by molar-refractivity contribution is 7.89. The summed E-state index contributed by atoms with van der Waals surface area (Å²) in [5.74, 6) is -0.878. The Morgan fingerprint density at radius 1 is 1.07 bits per heavy atom. The number of rotatable bonds is 9. The molecule has 7 nitrogen and oxygen atoms in total. The van der Waals surface area contributed by atoms with E-state index in [1.54, 1.807) is 17.0 Å². The Labute approximate surface area is 173 Å². The van der Waals surface area contributed by atoms with Gasteiger partial charge in [-0.05, 0) is 76.6 Å². The van der Waals surface area contributed by atoms with Gasteiger partial charge in [0, 0.05) is 18.6 Å². The molecule has 0 unspecified atom stereocenters. The lowest BCUT2D eigenvalue weighted by molar-refractivity contribution is -0.153. The SMILES string of the molecule is CC(C)N(C(=O)COC(=O)CCNS(=O)(=O)c1ccc2c(c1)CCCC2)C(C)C. The molecule has 0 saturated carbocycles. The summed E-state index contributed by atoms with van der Waals surface area (Å²) < 4.78 is 32.4. The summed E-state index contributed by atoms with van der Waals surface area (Å²) in [6, 6.07) is 5.21. The number of carbonyl (C=O) groups excluding carboxylic acids is 2. The normalized spacial score (nSPS) is 14.0. The second-order valence-electron chi connectivity index (χ2n) is 7.93. The molecule has 1 aliphatic rings. The third kappa shape index (κ3) is 6.54. The predicted octanol–water partition coefficient (Wildman–Crippen LogP) is 2.42. The second-order valence-corrected chi connectivity index (χ2v) is 9.70. The van der Waals surface area contributed by atoms with Crippen molar-refractivity contribution in [1.82, 2.24) is 9.62 Å². The van der Waals surface area contributed by atoms with Crippen LogP contribution in [0.2, 0.25) is 0 Å². The molecule has 0 aliphatic heterocycles. The third-order valence-electron chi connectivity index (χ3n) is 5.01. The molecule has 0 spiro atoms. The quantitative estimate of drug-likeness (QED) is 0.615. The lowest BCUT2D eigenvalue weighted by Crippen LogP contribution is -2.44. The van der Waals surface area contributed by atoms with E-state index < -0.39 is 16.0 Å². The monoisotopic (exact) mass is 424 g/mol. The minimum atomic E-state index is -3.69. The molecule has 0 fully saturated rings. The Morgan fingerprint density at radius 2 is 1.69 bits per heavy atom. The van der Waals surface area contributed by atoms with Gasteiger partial charge < -0.3 is 9.64 Å². The van der Waals surface area contributed by atoms with E-state index in [2.05, 4.69) is 4.72 Å². The molecule has 2 rings (SSSR count). The van der Waals surface area contributed by atoms with Crippen LogP contribution < -0.4 is 4.72 Å². The first kappa shape index (κ1) is 23.3. The van der Waals surface area contributed by atoms with E-state index in [9.17, 15) is 18.0 Å². The summed E-state index contributed by atoms with van der Waals surface area (Å²) in [5, 5.41) is 0. The first-order valence-electron chi connectivity index (χ1n) is 10.2. The van der Waals surface area contributed by atoms with Gasteiger partial charge in [-0.1, -0.05) is 6.07 Å². The number of nitrogens with one attached hydrogen (secondary N) is 1. The Bertz CT molecular complexity index is 825. The molecule has 1 amide bonds. The summed E-state index contributed by atoms with van der Waals surface area (Å²) in [6.07, 6.45) is 3.94. The molecule has 0 bridgehead atoms. The zero-order valence-electron chi connectivity index (χ0n) is 17.7. The van der Waals surface area contributed by atoms with Crippen molar-refractivity contribution in [1.29, 1.82) is 0 Å². The number of nitrogens with zero attached hydrogens (tertiary/aromatic N) is 1. The highest BCUT2D eigenvalue weighted by Crippen LogP contribution is 2.24. The van der Waals surface area contributed by atoms with Gasteiger partial charge in [0.05, 0.1) is 11.3 Å². The molecule has 0 aromatic heterocycles. The van der Waals surface area contributed by atoms with Crippen LogP contribution in [0.15, 0.2) is 23.1 Å². The molecule has 162 valence electrons. The fourth-order valence-corrected chi connectivity index (χ4v) is 4.79. The molecule has 1 N–H and O–H groups in total. The number of aryl methyl sites for hydroxylation is 2. The first-order valence-corrected chi connectivity index (χ1v) is 11.7. The van der Waals surface area contributed by atoms with Gasteiger partial charge in [0.1, 0.15) is 0 Å². The number of esters is 1. The van der Waals surface area contributed by atoms with Crippen molar-refractivity contribution in [2.45, 2.75) is 76.8 Å². The lowest BCUT2D eigenvalue weighted by atomic mass is 9.92. The standard InChI is InChI=1S/C21H32N2O5S/c1-15(2)23(16(3)4)20(24)14-28-21(25)11-12-22-29(26,27)19-10-9-17-7-5-6-8-18(17)13-19/h9-10,13,15-16,22H,5-8,11-12,14H2,1-4H3. The van der Waals surface area contributed by atoms with E-state index in [0.29, 0.717) is 0 Å². The Balaban J connectivity index is 1.82. The maximum atomic E-state index is 12.5. The number of amides is 1. The number of sulfonamides is 1. The summed E-state index contributed by atoms with van der Waals surface area (Å²) in [5.41, 5.74) is 2.29. The maximum Gasteiger partial charge on any atom is 0.307 e. The van der Waals surface area contributed by atoms with Crippen molar-refractivity contribution in [3.8, 4) is 0 Å². The van der Waals surface area contributed by atoms with Gasteiger partial charge in [-0.3, -0.25) is 9.59 Å². The first-order chi connectivity index (χ1) is 13.6. The van der Waals surface area contributed by atoms with Crippen molar-refractivity contribution in [2.75, 3.05) is 13.2 Å². The van der Waals surface area contributed by atoms with Crippen molar-refractivity contribution >= 4 is 21.9 Å². The van der Waals surface area contributed by atoms with E-state index >= 15 is 0 Å². The molecule has 1 aromatic rings. The summed E-state index contributed by atoms with van der Waals surface area (Å²) in [4.78, 5) is 26.0. The average Bonchev–Trinajstić information content (AvgIpc) is 2.65. The molecule has 0 atom stereocenters. The average molecular weight is 425 g/mol. The number of carbonyl (C=O) groups is 2. The molecular formula is C21H32N2O5S. The van der Waals surface area contributed by atoms with Gasteiger partial charge in [0.25, 0.3) is 5.91 Å². The molecule has 8 heteroatoms. The number of hydrogen-bond acceptors (Lipinski definition) is 5. The van der Waals surface area contributed by atoms with Crippen LogP contribution in [0, 0.1) is 0 Å². The Hall–Kier alpha value is -1.93. The zero-order chi connectivity index (χ0) is 21.6. The summed E-state index contributed by atoms with van der Waals surface area (Å²) in [7, 11) is -3.69. The number of fused-ring (bicyclic) bond motifs is 1. The van der Waals surface area contributed by atoms with E-state index in [1.807, 2.05) is 33.8 Å². The molecule has 29 heavy (non-hydrogen) atoms. The fraction of sp³-hybridized carbons (Fsp3) is 0.619. The van der Waals surface area contributed by atoms with Crippen LogP contribution in [-0.2, 0) is 37.2 Å². The van der Waals surface area contributed by atoms with E-state index in [0.717, 1.165) is 31.2 Å². The number of benzene rings is 1. The Kier molecular flexibility index (Phi) is 8.22. The van der Waals surface area contributed by atoms with Crippen LogP contribution in [0.3, 0.4) is 0 Å². The van der Waals surface area contributed by atoms with Crippen molar-refractivity contribution in [3.63, 3.8) is 0 Å².